The van der Waals surface area contributed by atoms with Crippen molar-refractivity contribution in [2.75, 3.05) is 17.2 Å². The van der Waals surface area contributed by atoms with Crippen LogP contribution in [0.3, 0.4) is 0 Å². The Bertz CT molecular complexity index is 375. The van der Waals surface area contributed by atoms with Gasteiger partial charge in [0.1, 0.15) is 0 Å². The number of urea groups is 1. The summed E-state index contributed by atoms with van der Waals surface area (Å²) in [5.74, 6) is 0. The molecule has 0 saturated heterocycles. The van der Waals surface area contributed by atoms with Crippen LogP contribution in [0.25, 0.3) is 0 Å². The number of rotatable bonds is 3. The Hall–Kier alpha value is -2.24. The van der Waals surface area contributed by atoms with E-state index < -0.39 is 12.1 Å². The highest BCUT2D eigenvalue weighted by Gasteiger charge is 2.01. The van der Waals surface area contributed by atoms with E-state index in [4.69, 9.17) is 10.5 Å². The molecule has 1 aromatic rings. The average molecular weight is 223 g/mol. The number of nitrogens with one attached hydrogen (secondary N) is 2. The SMILES string of the molecule is CCOC(=O)Nc1ccc(NC(N)=O)cc1. The Balaban J connectivity index is 2.57. The molecule has 6 heteroatoms. The van der Waals surface area contributed by atoms with Gasteiger partial charge in [-0.25, -0.2) is 9.59 Å². The summed E-state index contributed by atoms with van der Waals surface area (Å²) < 4.78 is 4.70. The molecule has 16 heavy (non-hydrogen) atoms. The zero-order valence-electron chi connectivity index (χ0n) is 8.82. The van der Waals surface area contributed by atoms with E-state index in [1.54, 1.807) is 31.2 Å². The highest BCUT2D eigenvalue weighted by atomic mass is 16.5. The largest absolute Gasteiger partial charge is 0.450 e. The smallest absolute Gasteiger partial charge is 0.411 e. The lowest BCUT2D eigenvalue weighted by Crippen LogP contribution is -2.19. The van der Waals surface area contributed by atoms with E-state index in [0.717, 1.165) is 0 Å². The number of primary amides is 1. The topological polar surface area (TPSA) is 93.4 Å². The summed E-state index contributed by atoms with van der Waals surface area (Å²) in [6.45, 7) is 2.03. The van der Waals surface area contributed by atoms with Crippen LogP contribution in [0.15, 0.2) is 24.3 Å². The number of ether oxygens (including phenoxy) is 1. The van der Waals surface area contributed by atoms with E-state index in [-0.39, 0.29) is 0 Å². The second kappa shape index (κ2) is 5.59. The van der Waals surface area contributed by atoms with E-state index in [0.29, 0.717) is 18.0 Å². The lowest BCUT2D eigenvalue weighted by Gasteiger charge is -2.06. The average Bonchev–Trinajstić information content (AvgIpc) is 2.20. The molecule has 0 radical (unpaired) electrons. The molecule has 0 aromatic heterocycles. The minimum atomic E-state index is -0.633. The molecule has 0 unspecified atom stereocenters. The third-order valence-corrected chi connectivity index (χ3v) is 1.67. The molecule has 0 spiro atoms. The van der Waals surface area contributed by atoms with Crippen molar-refractivity contribution in [3.8, 4) is 0 Å². The lowest BCUT2D eigenvalue weighted by molar-refractivity contribution is 0.168. The Morgan fingerprint density at radius 1 is 1.19 bits per heavy atom. The van der Waals surface area contributed by atoms with Crippen LogP contribution in [-0.4, -0.2) is 18.7 Å². The summed E-state index contributed by atoms with van der Waals surface area (Å²) >= 11 is 0. The molecule has 1 aromatic carbocycles. The third kappa shape index (κ3) is 3.87. The second-order valence-electron chi connectivity index (χ2n) is 2.91. The maximum atomic E-state index is 11.1. The lowest BCUT2D eigenvalue weighted by atomic mass is 10.3. The highest BCUT2D eigenvalue weighted by Crippen LogP contribution is 2.13. The van der Waals surface area contributed by atoms with Crippen LogP contribution in [0.2, 0.25) is 0 Å². The number of benzene rings is 1. The number of hydrogen-bond donors (Lipinski definition) is 3. The normalized spacial score (nSPS) is 9.31. The van der Waals surface area contributed by atoms with Gasteiger partial charge in [0.15, 0.2) is 0 Å². The van der Waals surface area contributed by atoms with Gasteiger partial charge in [-0.2, -0.15) is 0 Å². The van der Waals surface area contributed by atoms with Crippen molar-refractivity contribution >= 4 is 23.5 Å². The van der Waals surface area contributed by atoms with Gasteiger partial charge >= 0.3 is 12.1 Å². The molecular formula is C10H13N3O3. The molecule has 0 aliphatic heterocycles. The van der Waals surface area contributed by atoms with Gasteiger partial charge in [-0.3, -0.25) is 5.32 Å². The summed E-state index contributed by atoms with van der Waals surface area (Å²) in [4.78, 5) is 21.6. The molecule has 0 atom stereocenters. The standard InChI is InChI=1S/C10H13N3O3/c1-2-16-10(15)13-8-5-3-7(4-6-8)12-9(11)14/h3-6H,2H2,1H3,(H,13,15)(H3,11,12,14). The van der Waals surface area contributed by atoms with Crippen LogP contribution >= 0.6 is 0 Å². The number of anilines is 2. The number of nitrogens with two attached hydrogens (primary N) is 1. The van der Waals surface area contributed by atoms with Gasteiger partial charge in [-0.15, -0.1) is 0 Å². The molecule has 0 saturated carbocycles. The van der Waals surface area contributed by atoms with Crippen LogP contribution in [0.5, 0.6) is 0 Å². The molecule has 3 amide bonds. The van der Waals surface area contributed by atoms with Gasteiger partial charge in [-0.1, -0.05) is 0 Å². The van der Waals surface area contributed by atoms with Crippen LogP contribution in [-0.2, 0) is 4.74 Å². The first-order chi connectivity index (χ1) is 7.61. The van der Waals surface area contributed by atoms with Crippen LogP contribution in [0.4, 0.5) is 21.0 Å². The molecule has 0 heterocycles. The Kier molecular flexibility index (Phi) is 4.14. The second-order valence-corrected chi connectivity index (χ2v) is 2.91. The van der Waals surface area contributed by atoms with Gasteiger partial charge in [0.2, 0.25) is 0 Å². The molecule has 0 bridgehead atoms. The minimum absolute atomic E-state index is 0.313. The van der Waals surface area contributed by atoms with Crippen LogP contribution in [0.1, 0.15) is 6.92 Å². The molecule has 0 aliphatic rings. The predicted octanol–water partition coefficient (Wildman–Crippen LogP) is 1.75. The molecular weight excluding hydrogens is 210 g/mol. The first kappa shape index (κ1) is 11.8. The number of carbonyl (C=O) groups excluding carboxylic acids is 2. The molecule has 4 N–H and O–H groups in total. The number of hydrogen-bond acceptors (Lipinski definition) is 3. The highest BCUT2D eigenvalue weighted by molar-refractivity contribution is 5.89. The third-order valence-electron chi connectivity index (χ3n) is 1.67. The summed E-state index contributed by atoms with van der Waals surface area (Å²) in [6, 6.07) is 5.86. The summed E-state index contributed by atoms with van der Waals surface area (Å²) in [5.41, 5.74) is 6.08. The maximum Gasteiger partial charge on any atom is 0.411 e. The first-order valence-corrected chi connectivity index (χ1v) is 4.72. The van der Waals surface area contributed by atoms with E-state index in [1.165, 1.54) is 0 Å². The summed E-state index contributed by atoms with van der Waals surface area (Å²) in [5, 5.41) is 4.92. The summed E-state index contributed by atoms with van der Waals surface area (Å²) in [6.07, 6.45) is -0.516. The fourth-order valence-electron chi connectivity index (χ4n) is 1.06. The van der Waals surface area contributed by atoms with Gasteiger partial charge in [0.05, 0.1) is 6.61 Å². The van der Waals surface area contributed by atoms with Crippen molar-refractivity contribution in [1.82, 2.24) is 0 Å². The predicted molar refractivity (Wildman–Crippen MR) is 60.3 cm³/mol. The van der Waals surface area contributed by atoms with Gasteiger partial charge in [0.25, 0.3) is 0 Å². The summed E-state index contributed by atoms with van der Waals surface area (Å²) in [7, 11) is 0. The molecule has 1 rings (SSSR count). The first-order valence-electron chi connectivity index (χ1n) is 4.72. The van der Waals surface area contributed by atoms with Crippen LogP contribution in [0, 0.1) is 0 Å². The van der Waals surface area contributed by atoms with Crippen molar-refractivity contribution < 1.29 is 14.3 Å². The maximum absolute atomic E-state index is 11.1. The van der Waals surface area contributed by atoms with Crippen molar-refractivity contribution in [3.05, 3.63) is 24.3 Å². The van der Waals surface area contributed by atoms with E-state index in [9.17, 15) is 9.59 Å². The Morgan fingerprint density at radius 3 is 2.12 bits per heavy atom. The zero-order chi connectivity index (χ0) is 12.0. The Labute approximate surface area is 92.8 Å². The van der Waals surface area contributed by atoms with Crippen molar-refractivity contribution in [1.29, 1.82) is 0 Å². The van der Waals surface area contributed by atoms with E-state index in [2.05, 4.69) is 10.6 Å². The quantitative estimate of drug-likeness (QED) is 0.728. The number of amides is 3. The van der Waals surface area contributed by atoms with Crippen molar-refractivity contribution in [2.24, 2.45) is 5.73 Å². The van der Waals surface area contributed by atoms with Gasteiger partial charge in [-0.05, 0) is 31.2 Å². The fourth-order valence-corrected chi connectivity index (χ4v) is 1.06. The Morgan fingerprint density at radius 2 is 1.69 bits per heavy atom. The van der Waals surface area contributed by atoms with Crippen molar-refractivity contribution in [2.45, 2.75) is 6.92 Å². The van der Waals surface area contributed by atoms with E-state index in [1.807, 2.05) is 0 Å². The minimum Gasteiger partial charge on any atom is -0.450 e. The van der Waals surface area contributed by atoms with E-state index >= 15 is 0 Å². The molecule has 86 valence electrons. The molecule has 0 fully saturated rings. The van der Waals surface area contributed by atoms with Crippen molar-refractivity contribution in [3.63, 3.8) is 0 Å². The fraction of sp³-hybridized carbons (Fsp3) is 0.200. The molecule has 0 aliphatic carbocycles. The zero-order valence-corrected chi connectivity index (χ0v) is 8.82. The van der Waals surface area contributed by atoms with Gasteiger partial charge in [0, 0.05) is 11.4 Å². The molecule has 6 nitrogen and oxygen atoms in total. The number of carbonyl (C=O) groups is 2. The monoisotopic (exact) mass is 223 g/mol. The van der Waals surface area contributed by atoms with Gasteiger partial charge < -0.3 is 15.8 Å². The van der Waals surface area contributed by atoms with Crippen LogP contribution < -0.4 is 16.4 Å².